The third-order valence-electron chi connectivity index (χ3n) is 3.94. The van der Waals surface area contributed by atoms with Gasteiger partial charge < -0.3 is 14.6 Å². The van der Waals surface area contributed by atoms with Gasteiger partial charge >= 0.3 is 5.97 Å². The second kappa shape index (κ2) is 7.62. The van der Waals surface area contributed by atoms with Crippen molar-refractivity contribution in [2.75, 3.05) is 5.43 Å². The van der Waals surface area contributed by atoms with E-state index in [9.17, 15) is 20.0 Å². The minimum atomic E-state index is -1.26. The third-order valence-corrected chi connectivity index (χ3v) is 3.94. The molecule has 0 unspecified atom stereocenters. The molecule has 1 heterocycles. The first kappa shape index (κ1) is 18.6. The van der Waals surface area contributed by atoms with Crippen LogP contribution in [0.2, 0.25) is 0 Å². The van der Waals surface area contributed by atoms with Crippen LogP contribution in [-0.2, 0) is 0 Å². The topological polar surface area (TPSA) is 138 Å². The van der Waals surface area contributed by atoms with Crippen LogP contribution in [0.25, 0.3) is 11.3 Å². The van der Waals surface area contributed by atoms with Gasteiger partial charge in [-0.25, -0.2) is 4.79 Å². The lowest BCUT2D eigenvalue weighted by molar-refractivity contribution is -0.384. The van der Waals surface area contributed by atoms with Gasteiger partial charge in [0.1, 0.15) is 22.8 Å². The molecule has 0 spiro atoms. The van der Waals surface area contributed by atoms with E-state index < -0.39 is 10.9 Å². The minimum absolute atomic E-state index is 0.0320. The maximum Gasteiger partial charge on any atom is 0.339 e. The number of hydrogen-bond acceptors (Lipinski definition) is 7. The Kier molecular flexibility index (Phi) is 5.07. The van der Waals surface area contributed by atoms with Crippen molar-refractivity contribution < 1.29 is 24.3 Å². The molecule has 0 bridgehead atoms. The molecule has 0 aliphatic heterocycles. The van der Waals surface area contributed by atoms with Crippen molar-refractivity contribution in [2.45, 2.75) is 6.92 Å². The molecule has 0 amide bonds. The van der Waals surface area contributed by atoms with E-state index in [1.54, 1.807) is 18.2 Å². The van der Waals surface area contributed by atoms with E-state index in [4.69, 9.17) is 9.52 Å². The Morgan fingerprint density at radius 1 is 1.21 bits per heavy atom. The summed E-state index contributed by atoms with van der Waals surface area (Å²) in [4.78, 5) is 21.5. The molecular formula is C19H15N3O6. The van der Waals surface area contributed by atoms with Crippen LogP contribution < -0.4 is 5.43 Å². The largest absolute Gasteiger partial charge is 0.507 e. The maximum atomic E-state index is 11.0. The minimum Gasteiger partial charge on any atom is -0.507 e. The summed E-state index contributed by atoms with van der Waals surface area (Å²) in [6.45, 7) is 1.82. The fourth-order valence-electron chi connectivity index (χ4n) is 2.50. The van der Waals surface area contributed by atoms with Gasteiger partial charge in [-0.2, -0.15) is 5.10 Å². The molecule has 3 rings (SSSR count). The Morgan fingerprint density at radius 3 is 2.71 bits per heavy atom. The standard InChI is InChI=1S/C19H15N3O6/c1-11-2-4-13(22(26)27)9-15(11)18-7-5-14(28-18)10-20-21-12-3-6-17(23)16(8-12)19(24)25/h2-10,21,23H,1H3,(H,24,25). The molecule has 0 radical (unpaired) electrons. The second-order valence-corrected chi connectivity index (χ2v) is 5.87. The summed E-state index contributed by atoms with van der Waals surface area (Å²) in [5.74, 6) is -0.746. The summed E-state index contributed by atoms with van der Waals surface area (Å²) in [7, 11) is 0. The van der Waals surface area contributed by atoms with Gasteiger partial charge in [0.25, 0.3) is 5.69 Å². The molecule has 2 aromatic carbocycles. The van der Waals surface area contributed by atoms with Crippen LogP contribution >= 0.6 is 0 Å². The molecule has 0 saturated carbocycles. The first-order valence-corrected chi connectivity index (χ1v) is 8.06. The van der Waals surface area contributed by atoms with E-state index in [0.29, 0.717) is 22.8 Å². The van der Waals surface area contributed by atoms with Crippen LogP contribution in [0, 0.1) is 17.0 Å². The van der Waals surface area contributed by atoms with Gasteiger partial charge in [-0.1, -0.05) is 6.07 Å². The van der Waals surface area contributed by atoms with Crippen molar-refractivity contribution in [2.24, 2.45) is 5.10 Å². The molecule has 0 aliphatic rings. The first-order valence-electron chi connectivity index (χ1n) is 8.06. The Labute approximate surface area is 158 Å². The number of hydrazone groups is 1. The molecular weight excluding hydrogens is 366 g/mol. The quantitative estimate of drug-likeness (QED) is 0.254. The number of phenols is 1. The van der Waals surface area contributed by atoms with Gasteiger partial charge in [-0.3, -0.25) is 15.5 Å². The normalized spacial score (nSPS) is 10.9. The number of aryl methyl sites for hydroxylation is 1. The highest BCUT2D eigenvalue weighted by Gasteiger charge is 2.13. The predicted octanol–water partition coefficient (Wildman–Crippen LogP) is 4.01. The molecule has 3 N–H and O–H groups in total. The molecule has 0 saturated heterocycles. The number of nitrogens with one attached hydrogen (secondary N) is 1. The van der Waals surface area contributed by atoms with Crippen LogP contribution in [0.15, 0.2) is 58.0 Å². The Bertz CT molecular complexity index is 1090. The summed E-state index contributed by atoms with van der Waals surface area (Å²) in [5, 5.41) is 33.4. The van der Waals surface area contributed by atoms with Crippen molar-refractivity contribution >= 4 is 23.6 Å². The number of carbonyl (C=O) groups is 1. The van der Waals surface area contributed by atoms with Crippen molar-refractivity contribution in [1.29, 1.82) is 0 Å². The van der Waals surface area contributed by atoms with Crippen molar-refractivity contribution in [3.63, 3.8) is 0 Å². The van der Waals surface area contributed by atoms with Crippen LogP contribution in [-0.4, -0.2) is 27.3 Å². The number of nitro benzene ring substituents is 1. The number of non-ortho nitro benzene ring substituents is 1. The zero-order valence-corrected chi connectivity index (χ0v) is 14.6. The van der Waals surface area contributed by atoms with Crippen molar-refractivity contribution in [3.05, 3.63) is 75.5 Å². The number of furan rings is 1. The van der Waals surface area contributed by atoms with E-state index in [1.165, 1.54) is 36.5 Å². The molecule has 142 valence electrons. The Balaban J connectivity index is 1.77. The van der Waals surface area contributed by atoms with E-state index in [-0.39, 0.29) is 17.0 Å². The van der Waals surface area contributed by atoms with E-state index in [2.05, 4.69) is 10.5 Å². The number of aromatic hydroxyl groups is 1. The van der Waals surface area contributed by atoms with Gasteiger partial charge in [0.15, 0.2) is 0 Å². The summed E-state index contributed by atoms with van der Waals surface area (Å²) in [6.07, 6.45) is 1.38. The smallest absolute Gasteiger partial charge is 0.339 e. The molecule has 3 aromatic rings. The number of anilines is 1. The van der Waals surface area contributed by atoms with E-state index in [0.717, 1.165) is 5.56 Å². The average molecular weight is 381 g/mol. The van der Waals surface area contributed by atoms with Gasteiger partial charge in [0.2, 0.25) is 0 Å². The number of carboxylic acid groups (broad SMARTS) is 1. The predicted molar refractivity (Wildman–Crippen MR) is 102 cm³/mol. The number of rotatable bonds is 6. The maximum absolute atomic E-state index is 11.0. The molecule has 0 aliphatic carbocycles. The van der Waals surface area contributed by atoms with Gasteiger partial charge in [0, 0.05) is 17.7 Å². The number of carboxylic acids is 1. The highest BCUT2D eigenvalue weighted by molar-refractivity contribution is 5.92. The lowest BCUT2D eigenvalue weighted by Gasteiger charge is -2.03. The number of hydrogen-bond donors (Lipinski definition) is 3. The Morgan fingerprint density at radius 2 is 2.00 bits per heavy atom. The molecule has 9 nitrogen and oxygen atoms in total. The monoisotopic (exact) mass is 381 g/mol. The molecule has 1 aromatic heterocycles. The van der Waals surface area contributed by atoms with Crippen molar-refractivity contribution in [3.8, 4) is 17.1 Å². The number of benzene rings is 2. The zero-order chi connectivity index (χ0) is 20.3. The molecule has 0 fully saturated rings. The van der Waals surface area contributed by atoms with Gasteiger partial charge in [0.05, 0.1) is 16.8 Å². The number of nitrogens with zero attached hydrogens (tertiary/aromatic N) is 2. The van der Waals surface area contributed by atoms with Crippen LogP contribution in [0.1, 0.15) is 21.7 Å². The fourth-order valence-corrected chi connectivity index (χ4v) is 2.50. The summed E-state index contributed by atoms with van der Waals surface area (Å²) < 4.78 is 5.66. The van der Waals surface area contributed by atoms with Crippen LogP contribution in [0.5, 0.6) is 5.75 Å². The van der Waals surface area contributed by atoms with E-state index in [1.807, 2.05) is 6.92 Å². The summed E-state index contributed by atoms with van der Waals surface area (Å²) in [5.41, 5.74) is 4.16. The van der Waals surface area contributed by atoms with E-state index >= 15 is 0 Å². The molecule has 28 heavy (non-hydrogen) atoms. The lowest BCUT2D eigenvalue weighted by Crippen LogP contribution is -1.98. The SMILES string of the molecule is Cc1ccc([N+](=O)[O-])cc1-c1ccc(C=NNc2ccc(O)c(C(=O)O)c2)o1. The summed E-state index contributed by atoms with van der Waals surface area (Å²) in [6, 6.07) is 11.8. The van der Waals surface area contributed by atoms with Gasteiger partial charge in [-0.05, 0) is 42.8 Å². The highest BCUT2D eigenvalue weighted by atomic mass is 16.6. The fraction of sp³-hybridized carbons (Fsp3) is 0.0526. The first-order chi connectivity index (χ1) is 13.3. The van der Waals surface area contributed by atoms with Crippen LogP contribution in [0.3, 0.4) is 0 Å². The average Bonchev–Trinajstić information content (AvgIpc) is 3.11. The zero-order valence-electron chi connectivity index (χ0n) is 14.6. The number of aromatic carboxylic acids is 1. The lowest BCUT2D eigenvalue weighted by atomic mass is 10.1. The summed E-state index contributed by atoms with van der Waals surface area (Å²) >= 11 is 0. The second-order valence-electron chi connectivity index (χ2n) is 5.87. The molecule has 9 heteroatoms. The van der Waals surface area contributed by atoms with Crippen molar-refractivity contribution in [1.82, 2.24) is 0 Å². The van der Waals surface area contributed by atoms with Gasteiger partial charge in [-0.15, -0.1) is 0 Å². The van der Waals surface area contributed by atoms with Crippen LogP contribution in [0.4, 0.5) is 11.4 Å². The highest BCUT2D eigenvalue weighted by Crippen LogP contribution is 2.29. The Hall–Kier alpha value is -4.14. The number of nitro groups is 1. The molecule has 0 atom stereocenters. The third kappa shape index (κ3) is 3.98.